The van der Waals surface area contributed by atoms with Crippen LogP contribution in [0, 0.1) is 6.92 Å². The fourth-order valence-corrected chi connectivity index (χ4v) is 2.38. The number of rotatable bonds is 4. The van der Waals surface area contributed by atoms with Crippen molar-refractivity contribution in [3.8, 4) is 0 Å². The lowest BCUT2D eigenvalue weighted by atomic mass is 10.3. The number of carboxylic acids is 1. The molecule has 0 spiro atoms. The van der Waals surface area contributed by atoms with Gasteiger partial charge in [-0.2, -0.15) is 0 Å². The van der Waals surface area contributed by atoms with Crippen LogP contribution in [-0.4, -0.2) is 25.7 Å². The Labute approximate surface area is 114 Å². The minimum Gasteiger partial charge on any atom is -0.480 e. The second-order valence-corrected chi connectivity index (χ2v) is 5.59. The van der Waals surface area contributed by atoms with Crippen molar-refractivity contribution in [3.05, 3.63) is 46.0 Å². The molecule has 2 aromatic rings. The maximum atomic E-state index is 11.9. The Hall–Kier alpha value is -1.82. The average Bonchev–Trinajstić information content (AvgIpc) is 2.37. The van der Waals surface area contributed by atoms with E-state index in [-0.39, 0.29) is 5.56 Å². The lowest BCUT2D eigenvalue weighted by Crippen LogP contribution is -2.17. The Balaban J connectivity index is 2.33. The highest BCUT2D eigenvalue weighted by Crippen LogP contribution is 2.16. The van der Waals surface area contributed by atoms with Crippen molar-refractivity contribution in [3.63, 3.8) is 0 Å². The van der Waals surface area contributed by atoms with Crippen molar-refractivity contribution >= 4 is 23.4 Å². The summed E-state index contributed by atoms with van der Waals surface area (Å²) in [5.41, 5.74) is 2.00. The van der Waals surface area contributed by atoms with E-state index in [2.05, 4.69) is 4.98 Å². The highest BCUT2D eigenvalue weighted by molar-refractivity contribution is 7.99. The van der Waals surface area contributed by atoms with Crippen LogP contribution in [0.3, 0.4) is 0 Å². The zero-order chi connectivity index (χ0) is 14.0. The number of pyridine rings is 1. The monoisotopic (exact) mass is 278 g/mol. The molecule has 100 valence electrons. The number of fused-ring (bicyclic) bond motifs is 1. The SMILES string of the molecule is Cc1cccn2c(=O)cc(CSC(C)C(=O)O)nc12. The summed E-state index contributed by atoms with van der Waals surface area (Å²) in [5, 5.41) is 8.31. The van der Waals surface area contributed by atoms with E-state index in [0.29, 0.717) is 17.1 Å². The van der Waals surface area contributed by atoms with Gasteiger partial charge in [-0.3, -0.25) is 14.0 Å². The number of nitrogens with zero attached hydrogens (tertiary/aromatic N) is 2. The lowest BCUT2D eigenvalue weighted by Gasteiger charge is -2.07. The van der Waals surface area contributed by atoms with Gasteiger partial charge in [-0.25, -0.2) is 4.98 Å². The van der Waals surface area contributed by atoms with Crippen molar-refractivity contribution in [2.45, 2.75) is 24.9 Å². The van der Waals surface area contributed by atoms with E-state index in [0.717, 1.165) is 5.56 Å². The van der Waals surface area contributed by atoms with Gasteiger partial charge >= 0.3 is 5.97 Å². The number of thioether (sulfide) groups is 1. The molecule has 0 amide bonds. The molecule has 2 aromatic heterocycles. The van der Waals surface area contributed by atoms with Gasteiger partial charge in [0.25, 0.3) is 5.56 Å². The third-order valence-electron chi connectivity index (χ3n) is 2.77. The number of hydrogen-bond acceptors (Lipinski definition) is 4. The van der Waals surface area contributed by atoms with Crippen molar-refractivity contribution in [1.82, 2.24) is 9.38 Å². The molecule has 0 aromatic carbocycles. The molecule has 0 radical (unpaired) electrons. The summed E-state index contributed by atoms with van der Waals surface area (Å²) in [4.78, 5) is 27.1. The predicted octanol–water partition coefficient (Wildman–Crippen LogP) is 1.71. The normalized spacial score (nSPS) is 12.5. The second kappa shape index (κ2) is 5.44. The molecule has 5 nitrogen and oxygen atoms in total. The minimum absolute atomic E-state index is 0.146. The topological polar surface area (TPSA) is 71.7 Å². The zero-order valence-electron chi connectivity index (χ0n) is 10.7. The molecule has 0 aliphatic rings. The Morgan fingerprint density at radius 2 is 2.32 bits per heavy atom. The van der Waals surface area contributed by atoms with Crippen LogP contribution in [0.2, 0.25) is 0 Å². The summed E-state index contributed by atoms with van der Waals surface area (Å²) < 4.78 is 1.49. The molecule has 6 heteroatoms. The first-order valence-electron chi connectivity index (χ1n) is 5.81. The van der Waals surface area contributed by atoms with Crippen molar-refractivity contribution in [2.24, 2.45) is 0 Å². The molecular weight excluding hydrogens is 264 g/mol. The molecular formula is C13H14N2O3S. The Bertz CT molecular complexity index is 681. The highest BCUT2D eigenvalue weighted by Gasteiger charge is 2.12. The molecule has 2 rings (SSSR count). The van der Waals surface area contributed by atoms with Crippen LogP contribution < -0.4 is 5.56 Å². The molecule has 1 atom stereocenters. The number of aromatic nitrogens is 2. The van der Waals surface area contributed by atoms with E-state index < -0.39 is 11.2 Å². The maximum Gasteiger partial charge on any atom is 0.316 e. The lowest BCUT2D eigenvalue weighted by molar-refractivity contribution is -0.136. The van der Waals surface area contributed by atoms with Crippen molar-refractivity contribution in [1.29, 1.82) is 0 Å². The summed E-state index contributed by atoms with van der Waals surface area (Å²) in [5.74, 6) is -0.452. The molecule has 0 aliphatic heterocycles. The Kier molecular flexibility index (Phi) is 3.90. The smallest absolute Gasteiger partial charge is 0.316 e. The molecule has 1 unspecified atom stereocenters. The number of aliphatic carboxylic acids is 1. The molecule has 0 bridgehead atoms. The maximum absolute atomic E-state index is 11.9. The van der Waals surface area contributed by atoms with Gasteiger partial charge in [-0.05, 0) is 25.5 Å². The number of carboxylic acid groups (broad SMARTS) is 1. The van der Waals surface area contributed by atoms with E-state index >= 15 is 0 Å². The molecule has 0 aliphatic carbocycles. The summed E-state index contributed by atoms with van der Waals surface area (Å²) in [6, 6.07) is 5.14. The minimum atomic E-state index is -0.862. The van der Waals surface area contributed by atoms with Crippen LogP contribution in [0.5, 0.6) is 0 Å². The van der Waals surface area contributed by atoms with Gasteiger partial charge in [-0.15, -0.1) is 11.8 Å². The fraction of sp³-hybridized carbons (Fsp3) is 0.308. The van der Waals surface area contributed by atoms with Gasteiger partial charge in [0.2, 0.25) is 0 Å². The third kappa shape index (κ3) is 2.96. The second-order valence-electron chi connectivity index (χ2n) is 4.26. The Morgan fingerprint density at radius 1 is 1.58 bits per heavy atom. The number of carbonyl (C=O) groups is 1. The summed E-state index contributed by atoms with van der Waals surface area (Å²) >= 11 is 1.25. The average molecular weight is 278 g/mol. The van der Waals surface area contributed by atoms with Gasteiger partial charge in [0, 0.05) is 18.0 Å². The number of aryl methyl sites for hydroxylation is 1. The zero-order valence-corrected chi connectivity index (χ0v) is 11.5. The van der Waals surface area contributed by atoms with Gasteiger partial charge < -0.3 is 5.11 Å². The molecule has 0 fully saturated rings. The van der Waals surface area contributed by atoms with E-state index in [1.807, 2.05) is 13.0 Å². The van der Waals surface area contributed by atoms with Crippen LogP contribution in [0.25, 0.3) is 5.65 Å². The summed E-state index contributed by atoms with van der Waals surface area (Å²) in [6.45, 7) is 3.50. The number of hydrogen-bond donors (Lipinski definition) is 1. The van der Waals surface area contributed by atoms with E-state index in [9.17, 15) is 9.59 Å². The molecule has 19 heavy (non-hydrogen) atoms. The van der Waals surface area contributed by atoms with Crippen LogP contribution in [0.15, 0.2) is 29.2 Å². The van der Waals surface area contributed by atoms with E-state index in [4.69, 9.17) is 5.11 Å². The molecule has 0 saturated heterocycles. The molecule has 0 saturated carbocycles. The van der Waals surface area contributed by atoms with Gasteiger partial charge in [0.15, 0.2) is 0 Å². The van der Waals surface area contributed by atoms with Crippen LogP contribution in [0.4, 0.5) is 0 Å². The first-order chi connectivity index (χ1) is 8.99. The van der Waals surface area contributed by atoms with Crippen LogP contribution >= 0.6 is 11.8 Å². The first kappa shape index (κ1) is 13.6. The quantitative estimate of drug-likeness (QED) is 0.921. The van der Waals surface area contributed by atoms with Gasteiger partial charge in [-0.1, -0.05) is 6.07 Å². The molecule has 2 heterocycles. The fourth-order valence-electron chi connectivity index (χ4n) is 1.66. The largest absolute Gasteiger partial charge is 0.480 e. The molecule has 1 N–H and O–H groups in total. The standard InChI is InChI=1S/C13H14N2O3S/c1-8-4-3-5-15-11(16)6-10(14-12(8)15)7-19-9(2)13(17)18/h3-6,9H,7H2,1-2H3,(H,17,18). The predicted molar refractivity (Wildman–Crippen MR) is 74.6 cm³/mol. The summed E-state index contributed by atoms with van der Waals surface area (Å²) in [7, 11) is 0. The van der Waals surface area contributed by atoms with Crippen molar-refractivity contribution < 1.29 is 9.90 Å². The first-order valence-corrected chi connectivity index (χ1v) is 6.86. The van der Waals surface area contributed by atoms with Crippen molar-refractivity contribution in [2.75, 3.05) is 0 Å². The van der Waals surface area contributed by atoms with E-state index in [1.54, 1.807) is 19.2 Å². The summed E-state index contributed by atoms with van der Waals surface area (Å²) in [6.07, 6.45) is 1.68. The van der Waals surface area contributed by atoms with Crippen LogP contribution in [0.1, 0.15) is 18.2 Å². The highest BCUT2D eigenvalue weighted by atomic mass is 32.2. The van der Waals surface area contributed by atoms with Gasteiger partial charge in [0.1, 0.15) is 5.65 Å². The third-order valence-corrected chi connectivity index (χ3v) is 3.93. The van der Waals surface area contributed by atoms with Crippen LogP contribution in [-0.2, 0) is 10.5 Å². The van der Waals surface area contributed by atoms with Gasteiger partial charge in [0.05, 0.1) is 10.9 Å². The van der Waals surface area contributed by atoms with E-state index in [1.165, 1.54) is 22.2 Å². The Morgan fingerprint density at radius 3 is 3.00 bits per heavy atom.